The van der Waals surface area contributed by atoms with Gasteiger partial charge in [-0.3, -0.25) is 19.1 Å². The zero-order chi connectivity index (χ0) is 28.1. The molecule has 1 aromatic rings. The fraction of sp³-hybridized carbons (Fsp3) is 0.640. The summed E-state index contributed by atoms with van der Waals surface area (Å²) in [5.41, 5.74) is -0.225. The Hall–Kier alpha value is -2.67. The van der Waals surface area contributed by atoms with Crippen LogP contribution in [0.2, 0.25) is 0 Å². The maximum atomic E-state index is 13.3. The molecular weight excluding hydrogens is 527 g/mol. The minimum atomic E-state index is -4.90. The van der Waals surface area contributed by atoms with Crippen molar-refractivity contribution in [2.75, 3.05) is 17.1 Å². The normalized spacial score (nSPS) is 22.2. The van der Waals surface area contributed by atoms with Gasteiger partial charge in [-0.15, -0.1) is 0 Å². The van der Waals surface area contributed by atoms with E-state index in [1.54, 1.807) is 0 Å². The number of carbonyl (C=O) groups excluding carboxylic acids is 3. The Morgan fingerprint density at radius 3 is 2.37 bits per heavy atom. The van der Waals surface area contributed by atoms with Gasteiger partial charge in [0.25, 0.3) is 5.91 Å². The van der Waals surface area contributed by atoms with Crippen LogP contribution in [0.3, 0.4) is 0 Å². The largest absolute Gasteiger partial charge is 0.404 e. The number of anilines is 1. The molecule has 13 heteroatoms. The van der Waals surface area contributed by atoms with Crippen LogP contribution in [0, 0.1) is 5.41 Å². The molecule has 2 amide bonds. The summed E-state index contributed by atoms with van der Waals surface area (Å²) in [4.78, 5) is 38.7. The van der Waals surface area contributed by atoms with Gasteiger partial charge in [0.05, 0.1) is 6.10 Å². The van der Waals surface area contributed by atoms with Crippen LogP contribution in [0.5, 0.6) is 0 Å². The molecule has 1 saturated heterocycles. The predicted molar refractivity (Wildman–Crippen MR) is 134 cm³/mol. The Morgan fingerprint density at radius 2 is 1.79 bits per heavy atom. The fourth-order valence-electron chi connectivity index (χ4n) is 5.04. The SMILES string of the molecule is CCCC1OCC(=O)[C@H]1NC(=O)[C@H](CC1(C)CCCC1)NC(=O)c1ccc(NS(=O)(=O)CC(F)(F)F)cc1. The summed E-state index contributed by atoms with van der Waals surface area (Å²) in [7, 11) is -4.67. The molecule has 1 unspecified atom stereocenters. The molecule has 212 valence electrons. The molecule has 3 atom stereocenters. The lowest BCUT2D eigenvalue weighted by molar-refractivity contribution is -0.128. The van der Waals surface area contributed by atoms with Crippen LogP contribution in [0.15, 0.2) is 24.3 Å². The number of nitrogens with one attached hydrogen (secondary N) is 3. The molecule has 1 aromatic carbocycles. The molecule has 0 aromatic heterocycles. The van der Waals surface area contributed by atoms with E-state index in [-0.39, 0.29) is 29.1 Å². The summed E-state index contributed by atoms with van der Waals surface area (Å²) in [6, 6.07) is 3.10. The third kappa shape index (κ3) is 8.42. The number of hydrogen-bond donors (Lipinski definition) is 3. The zero-order valence-electron chi connectivity index (χ0n) is 21.4. The molecule has 0 bridgehead atoms. The number of hydrogen-bond acceptors (Lipinski definition) is 6. The molecule has 9 nitrogen and oxygen atoms in total. The van der Waals surface area contributed by atoms with Crippen molar-refractivity contribution in [2.24, 2.45) is 5.41 Å². The van der Waals surface area contributed by atoms with Gasteiger partial charge in [0, 0.05) is 11.3 Å². The predicted octanol–water partition coefficient (Wildman–Crippen LogP) is 3.31. The van der Waals surface area contributed by atoms with E-state index >= 15 is 0 Å². The summed E-state index contributed by atoms with van der Waals surface area (Å²) in [5, 5.41) is 5.50. The molecule has 3 N–H and O–H groups in total. The standard InChI is InChI=1S/C25H34F3N3O6S/c1-3-6-20-21(19(32)14-37-20)30-23(34)18(13-24(2)11-4-5-12-24)29-22(33)16-7-9-17(10-8-16)31-38(35,36)15-25(26,27)28/h7-10,18,20-21,31H,3-6,11-15H2,1-2H3,(H,29,33)(H,30,34)/t18-,20?,21+/m0/s1. The molecule has 1 aliphatic heterocycles. The first-order valence-electron chi connectivity index (χ1n) is 12.6. The first-order chi connectivity index (χ1) is 17.7. The number of benzene rings is 1. The summed E-state index contributed by atoms with van der Waals surface area (Å²) in [6.07, 6.45) is 0.213. The van der Waals surface area contributed by atoms with Crippen LogP contribution < -0.4 is 15.4 Å². The fourth-order valence-corrected chi connectivity index (χ4v) is 6.04. The van der Waals surface area contributed by atoms with Crippen molar-refractivity contribution in [1.29, 1.82) is 0 Å². The number of amides is 2. The molecular formula is C25H34F3N3O6S. The van der Waals surface area contributed by atoms with Gasteiger partial charge in [0.2, 0.25) is 15.9 Å². The van der Waals surface area contributed by atoms with Gasteiger partial charge >= 0.3 is 6.18 Å². The molecule has 3 rings (SSSR count). The molecule has 1 aliphatic carbocycles. The van der Waals surface area contributed by atoms with Crippen LogP contribution in [-0.4, -0.2) is 62.7 Å². The molecule has 2 aliphatic rings. The summed E-state index contributed by atoms with van der Waals surface area (Å²) in [5.74, 6) is -3.37. The quantitative estimate of drug-likeness (QED) is 0.380. The topological polar surface area (TPSA) is 131 Å². The summed E-state index contributed by atoms with van der Waals surface area (Å²) >= 11 is 0. The summed E-state index contributed by atoms with van der Waals surface area (Å²) < 4.78 is 68.1. The molecule has 2 fully saturated rings. The third-order valence-electron chi connectivity index (χ3n) is 6.93. The number of ether oxygens (including phenoxy) is 1. The van der Waals surface area contributed by atoms with Gasteiger partial charge in [0.15, 0.2) is 11.5 Å². The van der Waals surface area contributed by atoms with Crippen LogP contribution in [0.25, 0.3) is 0 Å². The maximum Gasteiger partial charge on any atom is 0.404 e. The Morgan fingerprint density at radius 1 is 1.16 bits per heavy atom. The highest BCUT2D eigenvalue weighted by molar-refractivity contribution is 7.92. The lowest BCUT2D eigenvalue weighted by atomic mass is 9.81. The van der Waals surface area contributed by atoms with E-state index < -0.39 is 52.0 Å². The Kier molecular flexibility index (Phi) is 9.45. The number of Topliss-reactive ketones (excluding diaryl/α,β-unsaturated/α-hetero) is 1. The Balaban J connectivity index is 1.72. The molecule has 0 spiro atoms. The van der Waals surface area contributed by atoms with E-state index in [0.717, 1.165) is 32.1 Å². The number of ketones is 1. The van der Waals surface area contributed by atoms with E-state index in [2.05, 4.69) is 17.6 Å². The summed E-state index contributed by atoms with van der Waals surface area (Å²) in [6.45, 7) is 3.92. The van der Waals surface area contributed by atoms with Gasteiger partial charge in [-0.25, -0.2) is 8.42 Å². The van der Waals surface area contributed by atoms with Gasteiger partial charge in [-0.05, 0) is 55.4 Å². The average molecular weight is 562 g/mol. The minimum Gasteiger partial charge on any atom is -0.368 e. The molecule has 1 saturated carbocycles. The third-order valence-corrected chi connectivity index (χ3v) is 8.19. The van der Waals surface area contributed by atoms with E-state index in [0.29, 0.717) is 12.8 Å². The minimum absolute atomic E-state index is 0.0799. The first kappa shape index (κ1) is 29.9. The van der Waals surface area contributed by atoms with Gasteiger partial charge in [0.1, 0.15) is 18.7 Å². The highest BCUT2D eigenvalue weighted by Crippen LogP contribution is 2.41. The number of alkyl halides is 3. The van der Waals surface area contributed by atoms with Gasteiger partial charge in [-0.2, -0.15) is 13.2 Å². The maximum absolute atomic E-state index is 13.3. The van der Waals surface area contributed by atoms with Crippen molar-refractivity contribution < 1.29 is 40.7 Å². The number of sulfonamides is 1. The van der Waals surface area contributed by atoms with Gasteiger partial charge in [-0.1, -0.05) is 33.1 Å². The lowest BCUT2D eigenvalue weighted by Gasteiger charge is -2.30. The molecule has 1 heterocycles. The van der Waals surface area contributed by atoms with Crippen molar-refractivity contribution in [3.05, 3.63) is 29.8 Å². The van der Waals surface area contributed by atoms with E-state index in [4.69, 9.17) is 4.74 Å². The van der Waals surface area contributed by atoms with Crippen molar-refractivity contribution in [2.45, 2.75) is 83.2 Å². The van der Waals surface area contributed by atoms with Crippen molar-refractivity contribution in [1.82, 2.24) is 10.6 Å². The second-order valence-electron chi connectivity index (χ2n) is 10.4. The smallest absolute Gasteiger partial charge is 0.368 e. The second-order valence-corrected chi connectivity index (χ2v) is 12.1. The Labute approximate surface area is 220 Å². The van der Waals surface area contributed by atoms with Crippen molar-refractivity contribution in [3.8, 4) is 0 Å². The number of rotatable bonds is 11. The average Bonchev–Trinajstić information content (AvgIpc) is 3.38. The van der Waals surface area contributed by atoms with Crippen molar-refractivity contribution >= 4 is 33.3 Å². The monoisotopic (exact) mass is 561 g/mol. The molecule has 0 radical (unpaired) electrons. The highest BCUT2D eigenvalue weighted by Gasteiger charge is 2.40. The number of halogens is 3. The van der Waals surface area contributed by atoms with Crippen LogP contribution in [0.1, 0.15) is 69.2 Å². The van der Waals surface area contributed by atoms with E-state index in [9.17, 15) is 36.0 Å². The van der Waals surface area contributed by atoms with Crippen LogP contribution >= 0.6 is 0 Å². The zero-order valence-corrected chi connectivity index (χ0v) is 22.2. The van der Waals surface area contributed by atoms with E-state index in [1.165, 1.54) is 24.3 Å². The first-order valence-corrected chi connectivity index (χ1v) is 14.3. The molecule has 38 heavy (non-hydrogen) atoms. The van der Waals surface area contributed by atoms with Gasteiger partial charge < -0.3 is 15.4 Å². The highest BCUT2D eigenvalue weighted by atomic mass is 32.2. The number of carbonyl (C=O) groups is 3. The van der Waals surface area contributed by atoms with Crippen molar-refractivity contribution in [3.63, 3.8) is 0 Å². The Bertz CT molecular complexity index is 1120. The second kappa shape index (κ2) is 12.0. The van der Waals surface area contributed by atoms with Crippen LogP contribution in [-0.2, 0) is 24.3 Å². The lowest BCUT2D eigenvalue weighted by Crippen LogP contribution is -2.54. The van der Waals surface area contributed by atoms with E-state index in [1.807, 2.05) is 11.6 Å². The van der Waals surface area contributed by atoms with Crippen LogP contribution in [0.4, 0.5) is 18.9 Å².